The van der Waals surface area contributed by atoms with Crippen LogP contribution in [-0.4, -0.2) is 35.3 Å². The first-order chi connectivity index (χ1) is 11.5. The zero-order valence-electron chi connectivity index (χ0n) is 14.8. The Morgan fingerprint density at radius 2 is 1.50 bits per heavy atom. The number of aliphatic carboxylic acids is 1. The number of nitrogens with one attached hydrogen (secondary N) is 2. The number of carboxylic acids is 1. The van der Waals surface area contributed by atoms with Crippen molar-refractivity contribution in [3.63, 3.8) is 0 Å². The standard InChI is InChI=1S/C12H23N.C6H9NO4/c1-3-7-11(8-4-1)13-12-9-5-2-6-10-12;1-3-11-6(10)7-4(2)5(8)9/h11-13H,1-10H2;3-4H,1H2,2H3,(H,7,10)(H,8,9). The molecular weight excluding hydrogens is 308 g/mol. The highest BCUT2D eigenvalue weighted by Crippen LogP contribution is 2.22. The summed E-state index contributed by atoms with van der Waals surface area (Å²) in [5.74, 6) is -1.12. The van der Waals surface area contributed by atoms with Gasteiger partial charge in [0.25, 0.3) is 0 Å². The molecule has 24 heavy (non-hydrogen) atoms. The predicted octanol–water partition coefficient (Wildman–Crippen LogP) is 3.57. The zero-order chi connectivity index (χ0) is 17.8. The van der Waals surface area contributed by atoms with Crippen LogP contribution in [0.2, 0.25) is 0 Å². The number of hydrogen-bond acceptors (Lipinski definition) is 4. The van der Waals surface area contributed by atoms with Crippen molar-refractivity contribution < 1.29 is 19.4 Å². The van der Waals surface area contributed by atoms with E-state index in [9.17, 15) is 9.59 Å². The second kappa shape index (κ2) is 11.9. The molecule has 2 saturated carbocycles. The number of alkyl carbamates (subject to hydrolysis) is 1. The van der Waals surface area contributed by atoms with Crippen LogP contribution < -0.4 is 10.6 Å². The fourth-order valence-electron chi connectivity index (χ4n) is 3.22. The molecule has 0 aromatic rings. The molecule has 3 N–H and O–H groups in total. The molecule has 2 aliphatic carbocycles. The fraction of sp³-hybridized carbons (Fsp3) is 0.778. The van der Waals surface area contributed by atoms with Crippen LogP contribution >= 0.6 is 0 Å². The van der Waals surface area contributed by atoms with Gasteiger partial charge in [-0.25, -0.2) is 4.79 Å². The largest absolute Gasteiger partial charge is 0.480 e. The van der Waals surface area contributed by atoms with Crippen LogP contribution in [0.5, 0.6) is 0 Å². The Kier molecular flexibility index (Phi) is 10.2. The molecule has 1 unspecified atom stereocenters. The van der Waals surface area contributed by atoms with E-state index in [0.29, 0.717) is 0 Å². The molecule has 1 amide bonds. The number of carbonyl (C=O) groups is 2. The smallest absolute Gasteiger partial charge is 0.412 e. The van der Waals surface area contributed by atoms with E-state index in [4.69, 9.17) is 5.11 Å². The molecule has 0 aromatic carbocycles. The quantitative estimate of drug-likeness (QED) is 0.666. The Balaban J connectivity index is 0.000000245. The maximum Gasteiger partial charge on any atom is 0.412 e. The van der Waals surface area contributed by atoms with Gasteiger partial charge < -0.3 is 20.5 Å². The number of rotatable bonds is 5. The lowest BCUT2D eigenvalue weighted by molar-refractivity contribution is -0.138. The molecule has 0 saturated heterocycles. The van der Waals surface area contributed by atoms with Crippen LogP contribution in [0.25, 0.3) is 0 Å². The Hall–Kier alpha value is -1.56. The third-order valence-electron chi connectivity index (χ3n) is 4.58. The van der Waals surface area contributed by atoms with Crippen molar-refractivity contribution in [2.75, 3.05) is 0 Å². The van der Waals surface area contributed by atoms with Crippen molar-refractivity contribution in [1.29, 1.82) is 0 Å². The van der Waals surface area contributed by atoms with Crippen LogP contribution in [0.15, 0.2) is 12.8 Å². The minimum Gasteiger partial charge on any atom is -0.480 e. The average Bonchev–Trinajstić information content (AvgIpc) is 2.57. The van der Waals surface area contributed by atoms with E-state index in [0.717, 1.165) is 18.3 Å². The maximum absolute atomic E-state index is 10.5. The lowest BCUT2D eigenvalue weighted by Crippen LogP contribution is -2.40. The minimum atomic E-state index is -1.12. The molecule has 0 radical (unpaired) electrons. The molecule has 2 aliphatic rings. The summed E-state index contributed by atoms with van der Waals surface area (Å²) in [4.78, 5) is 20.6. The van der Waals surface area contributed by atoms with Gasteiger partial charge in [0.05, 0.1) is 6.26 Å². The molecule has 0 aromatic heterocycles. The van der Waals surface area contributed by atoms with Crippen LogP contribution in [0.4, 0.5) is 4.79 Å². The predicted molar refractivity (Wildman–Crippen MR) is 93.8 cm³/mol. The monoisotopic (exact) mass is 340 g/mol. The van der Waals surface area contributed by atoms with Crippen LogP contribution in [0.1, 0.15) is 71.1 Å². The number of ether oxygens (including phenoxy) is 1. The van der Waals surface area contributed by atoms with Crippen molar-refractivity contribution in [1.82, 2.24) is 10.6 Å². The van der Waals surface area contributed by atoms with E-state index in [-0.39, 0.29) is 0 Å². The lowest BCUT2D eigenvalue weighted by Gasteiger charge is -2.30. The van der Waals surface area contributed by atoms with Crippen molar-refractivity contribution in [2.24, 2.45) is 0 Å². The first kappa shape index (κ1) is 20.5. The van der Waals surface area contributed by atoms with Crippen LogP contribution in [0.3, 0.4) is 0 Å². The van der Waals surface area contributed by atoms with Gasteiger partial charge in [-0.2, -0.15) is 0 Å². The highest BCUT2D eigenvalue weighted by atomic mass is 16.5. The van der Waals surface area contributed by atoms with Gasteiger partial charge in [-0.3, -0.25) is 4.79 Å². The van der Waals surface area contributed by atoms with Crippen molar-refractivity contribution in [2.45, 2.75) is 89.3 Å². The molecule has 0 heterocycles. The zero-order valence-corrected chi connectivity index (χ0v) is 14.8. The second-order valence-corrected chi connectivity index (χ2v) is 6.61. The number of hydrogen-bond donors (Lipinski definition) is 3. The molecule has 1 atom stereocenters. The average molecular weight is 340 g/mol. The molecule has 6 nitrogen and oxygen atoms in total. The molecule has 0 aliphatic heterocycles. The molecule has 0 spiro atoms. The van der Waals surface area contributed by atoms with Gasteiger partial charge in [0.1, 0.15) is 6.04 Å². The molecule has 2 fully saturated rings. The van der Waals surface area contributed by atoms with Crippen LogP contribution in [0, 0.1) is 0 Å². The van der Waals surface area contributed by atoms with Gasteiger partial charge >= 0.3 is 12.1 Å². The summed E-state index contributed by atoms with van der Waals surface area (Å²) in [5.41, 5.74) is 0. The molecular formula is C18H32N2O4. The summed E-state index contributed by atoms with van der Waals surface area (Å²) in [6.07, 6.45) is 14.7. The summed E-state index contributed by atoms with van der Waals surface area (Å²) in [6.45, 7) is 4.45. The van der Waals surface area contributed by atoms with Gasteiger partial charge in [0.2, 0.25) is 0 Å². The molecule has 6 heteroatoms. The van der Waals surface area contributed by atoms with Gasteiger partial charge in [0, 0.05) is 12.1 Å². The van der Waals surface area contributed by atoms with Crippen LogP contribution in [-0.2, 0) is 9.53 Å². The number of amides is 1. The Morgan fingerprint density at radius 1 is 1.04 bits per heavy atom. The highest BCUT2D eigenvalue weighted by molar-refractivity contribution is 5.79. The van der Waals surface area contributed by atoms with E-state index < -0.39 is 18.1 Å². The normalized spacial score (nSPS) is 20.2. The summed E-state index contributed by atoms with van der Waals surface area (Å²) in [5, 5.41) is 14.2. The van der Waals surface area contributed by atoms with Gasteiger partial charge in [0.15, 0.2) is 0 Å². The SMILES string of the molecule is C1CCC(NC2CCCCC2)CC1.C=COC(=O)NC(C)C(=O)O. The fourth-order valence-corrected chi connectivity index (χ4v) is 3.22. The van der Waals surface area contributed by atoms with Gasteiger partial charge in [-0.1, -0.05) is 45.1 Å². The third-order valence-corrected chi connectivity index (χ3v) is 4.58. The lowest BCUT2D eigenvalue weighted by atomic mass is 9.91. The van der Waals surface area contributed by atoms with Crippen molar-refractivity contribution in [3.05, 3.63) is 12.8 Å². The first-order valence-electron chi connectivity index (χ1n) is 9.09. The van der Waals surface area contributed by atoms with Crippen molar-refractivity contribution in [3.8, 4) is 0 Å². The topological polar surface area (TPSA) is 87.7 Å². The Bertz CT molecular complexity index is 372. The number of carbonyl (C=O) groups excluding carboxylic acids is 1. The Labute approximate surface area is 145 Å². The molecule has 138 valence electrons. The summed E-state index contributed by atoms with van der Waals surface area (Å²) >= 11 is 0. The van der Waals surface area contributed by atoms with Gasteiger partial charge in [-0.15, -0.1) is 0 Å². The summed E-state index contributed by atoms with van der Waals surface area (Å²) < 4.78 is 4.21. The van der Waals surface area contributed by atoms with E-state index in [1.807, 2.05) is 5.32 Å². The molecule has 2 rings (SSSR count). The highest BCUT2D eigenvalue weighted by Gasteiger charge is 2.19. The maximum atomic E-state index is 10.5. The van der Waals surface area contributed by atoms with E-state index >= 15 is 0 Å². The Morgan fingerprint density at radius 3 is 1.88 bits per heavy atom. The minimum absolute atomic E-state index is 0.824. The third kappa shape index (κ3) is 8.91. The van der Waals surface area contributed by atoms with E-state index in [2.05, 4.69) is 16.6 Å². The van der Waals surface area contributed by atoms with Crippen molar-refractivity contribution >= 4 is 12.1 Å². The van der Waals surface area contributed by atoms with E-state index in [1.54, 1.807) is 0 Å². The summed E-state index contributed by atoms with van der Waals surface area (Å²) in [7, 11) is 0. The summed E-state index contributed by atoms with van der Waals surface area (Å²) in [6, 6.07) is 0.788. The number of carboxylic acid groups (broad SMARTS) is 1. The molecule has 0 bridgehead atoms. The second-order valence-electron chi connectivity index (χ2n) is 6.61. The van der Waals surface area contributed by atoms with Gasteiger partial charge in [-0.05, 0) is 32.6 Å². The van der Waals surface area contributed by atoms with E-state index in [1.165, 1.54) is 71.1 Å². The first-order valence-corrected chi connectivity index (χ1v) is 9.09.